The van der Waals surface area contributed by atoms with Gasteiger partial charge in [0.15, 0.2) is 9.84 Å². The standard InChI is InChI=1S/C32H30ClF2NO5S/c1-42(39,40)29-19-25(18-28(35)30(29)32(37)38)41-17-9-16-36(20-24-14-8-15-27(34)31(24)33)21-26(22-10-4-2-5-11-22)23-12-6-3-7-13-23/h2-8,10-15,18-19,26H,9,16-17,20-21H2,1H3,(H,37,38). The van der Waals surface area contributed by atoms with E-state index in [4.69, 9.17) is 16.3 Å². The van der Waals surface area contributed by atoms with Crippen molar-refractivity contribution in [2.24, 2.45) is 0 Å². The molecule has 4 aromatic carbocycles. The Kier molecular flexibility index (Phi) is 10.3. The Balaban J connectivity index is 1.55. The average molecular weight is 614 g/mol. The van der Waals surface area contributed by atoms with Crippen LogP contribution in [-0.4, -0.2) is 50.3 Å². The first-order valence-electron chi connectivity index (χ1n) is 13.2. The zero-order valence-corrected chi connectivity index (χ0v) is 24.4. The molecule has 0 aliphatic heterocycles. The van der Waals surface area contributed by atoms with Crippen LogP contribution in [0.15, 0.2) is 95.9 Å². The summed E-state index contributed by atoms with van der Waals surface area (Å²) < 4.78 is 58.7. The van der Waals surface area contributed by atoms with Crippen molar-refractivity contribution in [1.82, 2.24) is 4.90 Å². The predicted molar refractivity (Wildman–Crippen MR) is 158 cm³/mol. The summed E-state index contributed by atoms with van der Waals surface area (Å²) in [6.07, 6.45) is 1.25. The number of hydrogen-bond donors (Lipinski definition) is 1. The molecular weight excluding hydrogens is 584 g/mol. The first-order chi connectivity index (χ1) is 20.0. The number of benzene rings is 4. The molecule has 0 aromatic heterocycles. The number of ether oxygens (including phenoxy) is 1. The summed E-state index contributed by atoms with van der Waals surface area (Å²) in [5, 5.41) is 9.34. The average Bonchev–Trinajstić information content (AvgIpc) is 2.96. The molecule has 0 spiro atoms. The molecule has 0 radical (unpaired) electrons. The highest BCUT2D eigenvalue weighted by atomic mass is 35.5. The first kappa shape index (κ1) is 31.2. The first-order valence-corrected chi connectivity index (χ1v) is 15.5. The second-order valence-electron chi connectivity index (χ2n) is 9.88. The third-order valence-corrected chi connectivity index (χ3v) is 8.34. The quantitative estimate of drug-likeness (QED) is 0.167. The summed E-state index contributed by atoms with van der Waals surface area (Å²) in [6, 6.07) is 26.6. The Morgan fingerprint density at radius 2 is 1.55 bits per heavy atom. The molecule has 0 amide bonds. The minimum absolute atomic E-state index is 0.00405. The van der Waals surface area contributed by atoms with E-state index in [1.54, 1.807) is 12.1 Å². The normalized spacial score (nSPS) is 11.7. The van der Waals surface area contributed by atoms with E-state index >= 15 is 0 Å². The van der Waals surface area contributed by atoms with Crippen LogP contribution in [0.1, 0.15) is 39.4 Å². The molecule has 1 N–H and O–H groups in total. The number of aromatic carboxylic acids is 1. The summed E-state index contributed by atoms with van der Waals surface area (Å²) in [5.74, 6) is -3.48. The zero-order chi connectivity index (χ0) is 30.3. The van der Waals surface area contributed by atoms with Crippen LogP contribution in [0.5, 0.6) is 5.75 Å². The molecule has 4 aromatic rings. The molecule has 42 heavy (non-hydrogen) atoms. The second-order valence-corrected chi connectivity index (χ2v) is 12.2. The summed E-state index contributed by atoms with van der Waals surface area (Å²) in [4.78, 5) is 12.9. The fourth-order valence-corrected chi connectivity index (χ4v) is 5.87. The van der Waals surface area contributed by atoms with Crippen molar-refractivity contribution in [2.75, 3.05) is 26.0 Å². The van der Waals surface area contributed by atoms with Gasteiger partial charge in [-0.05, 0) is 35.2 Å². The van der Waals surface area contributed by atoms with E-state index in [2.05, 4.69) is 29.2 Å². The SMILES string of the molecule is CS(=O)(=O)c1cc(OCCCN(Cc2cccc(F)c2Cl)CC(c2ccccc2)c2ccccc2)cc(F)c1C(=O)O. The number of nitrogens with zero attached hydrogens (tertiary/aromatic N) is 1. The maximum atomic E-state index is 14.5. The van der Waals surface area contributed by atoms with Gasteiger partial charge in [-0.15, -0.1) is 0 Å². The summed E-state index contributed by atoms with van der Waals surface area (Å²) in [6.45, 7) is 1.50. The maximum absolute atomic E-state index is 14.5. The number of carbonyl (C=O) groups is 1. The fourth-order valence-electron chi connectivity index (χ4n) is 4.80. The second kappa shape index (κ2) is 13.9. The van der Waals surface area contributed by atoms with Crippen molar-refractivity contribution in [3.8, 4) is 5.75 Å². The van der Waals surface area contributed by atoms with Crippen LogP contribution in [0.25, 0.3) is 0 Å². The smallest absolute Gasteiger partial charge is 0.340 e. The third kappa shape index (κ3) is 7.94. The number of sulfone groups is 1. The van der Waals surface area contributed by atoms with Crippen LogP contribution in [0.4, 0.5) is 8.78 Å². The molecule has 10 heteroatoms. The van der Waals surface area contributed by atoms with E-state index in [0.717, 1.165) is 29.5 Å². The number of rotatable bonds is 13. The van der Waals surface area contributed by atoms with Gasteiger partial charge >= 0.3 is 5.97 Å². The van der Waals surface area contributed by atoms with Crippen LogP contribution in [0.3, 0.4) is 0 Å². The Morgan fingerprint density at radius 1 is 0.929 bits per heavy atom. The van der Waals surface area contributed by atoms with Gasteiger partial charge in [-0.2, -0.15) is 0 Å². The van der Waals surface area contributed by atoms with Gasteiger partial charge in [-0.3, -0.25) is 4.90 Å². The van der Waals surface area contributed by atoms with Crippen molar-refractivity contribution >= 4 is 27.4 Å². The van der Waals surface area contributed by atoms with E-state index < -0.39 is 37.9 Å². The van der Waals surface area contributed by atoms with Crippen LogP contribution in [0.2, 0.25) is 5.02 Å². The molecule has 0 saturated heterocycles. The van der Waals surface area contributed by atoms with E-state index in [0.29, 0.717) is 31.6 Å². The highest BCUT2D eigenvalue weighted by Crippen LogP contribution is 2.29. The van der Waals surface area contributed by atoms with Gasteiger partial charge in [0, 0.05) is 37.9 Å². The molecule has 0 heterocycles. The molecule has 0 bridgehead atoms. The molecule has 0 unspecified atom stereocenters. The lowest BCUT2D eigenvalue weighted by atomic mass is 9.90. The Bertz CT molecular complexity index is 1600. The molecule has 0 atom stereocenters. The van der Waals surface area contributed by atoms with Gasteiger partial charge in [-0.25, -0.2) is 22.0 Å². The highest BCUT2D eigenvalue weighted by Gasteiger charge is 2.25. The predicted octanol–water partition coefficient (Wildman–Crippen LogP) is 6.82. The lowest BCUT2D eigenvalue weighted by Gasteiger charge is -2.29. The Hall–Kier alpha value is -3.79. The van der Waals surface area contributed by atoms with Crippen LogP contribution in [0, 0.1) is 11.6 Å². The molecule has 0 aliphatic carbocycles. The van der Waals surface area contributed by atoms with Crippen molar-refractivity contribution in [3.63, 3.8) is 0 Å². The molecular formula is C32H30ClF2NO5S. The van der Waals surface area contributed by atoms with Crippen molar-refractivity contribution in [1.29, 1.82) is 0 Å². The summed E-state index contributed by atoms with van der Waals surface area (Å²) in [7, 11) is -4.03. The van der Waals surface area contributed by atoms with Crippen LogP contribution < -0.4 is 4.74 Å². The minimum Gasteiger partial charge on any atom is -0.493 e. The summed E-state index contributed by atoms with van der Waals surface area (Å²) in [5.41, 5.74) is 1.92. The topological polar surface area (TPSA) is 83.9 Å². The number of hydrogen-bond acceptors (Lipinski definition) is 5. The van der Waals surface area contributed by atoms with E-state index in [1.807, 2.05) is 36.4 Å². The van der Waals surface area contributed by atoms with E-state index in [1.165, 1.54) is 6.07 Å². The number of carboxylic acids is 1. The number of halogens is 3. The van der Waals surface area contributed by atoms with E-state index in [-0.39, 0.29) is 23.3 Å². The molecule has 0 fully saturated rings. The van der Waals surface area contributed by atoms with Gasteiger partial charge in [0.05, 0.1) is 16.5 Å². The third-order valence-electron chi connectivity index (χ3n) is 6.80. The number of carboxylic acid groups (broad SMARTS) is 1. The van der Waals surface area contributed by atoms with Crippen LogP contribution >= 0.6 is 11.6 Å². The van der Waals surface area contributed by atoms with Crippen molar-refractivity contribution in [3.05, 3.63) is 130 Å². The molecule has 0 aliphatic rings. The minimum atomic E-state index is -4.03. The zero-order valence-electron chi connectivity index (χ0n) is 22.8. The fraction of sp³-hybridized carbons (Fsp3) is 0.219. The van der Waals surface area contributed by atoms with Crippen LogP contribution in [-0.2, 0) is 16.4 Å². The van der Waals surface area contributed by atoms with Gasteiger partial charge in [-0.1, -0.05) is 84.4 Å². The van der Waals surface area contributed by atoms with Gasteiger partial charge < -0.3 is 9.84 Å². The Morgan fingerprint density at radius 3 is 2.12 bits per heavy atom. The van der Waals surface area contributed by atoms with Gasteiger partial charge in [0.1, 0.15) is 22.9 Å². The lowest BCUT2D eigenvalue weighted by molar-refractivity contribution is 0.0687. The van der Waals surface area contributed by atoms with Gasteiger partial charge in [0.2, 0.25) is 0 Å². The maximum Gasteiger partial charge on any atom is 0.340 e. The highest BCUT2D eigenvalue weighted by molar-refractivity contribution is 7.90. The van der Waals surface area contributed by atoms with Crippen molar-refractivity contribution < 1.29 is 31.8 Å². The lowest BCUT2D eigenvalue weighted by Crippen LogP contribution is -2.31. The molecule has 4 rings (SSSR count). The van der Waals surface area contributed by atoms with Gasteiger partial charge in [0.25, 0.3) is 0 Å². The molecule has 6 nitrogen and oxygen atoms in total. The largest absolute Gasteiger partial charge is 0.493 e. The molecule has 0 saturated carbocycles. The molecule has 220 valence electrons. The Labute approximate surface area is 249 Å². The summed E-state index contributed by atoms with van der Waals surface area (Å²) >= 11 is 6.30. The van der Waals surface area contributed by atoms with E-state index in [9.17, 15) is 27.1 Å². The monoisotopic (exact) mass is 613 g/mol. The van der Waals surface area contributed by atoms with Crippen molar-refractivity contribution in [2.45, 2.75) is 23.8 Å².